The van der Waals surface area contributed by atoms with Crippen LogP contribution < -0.4 is 0 Å². The van der Waals surface area contributed by atoms with E-state index in [9.17, 15) is 9.60 Å². The van der Waals surface area contributed by atoms with Gasteiger partial charge in [0.15, 0.2) is 0 Å². The minimum Gasteiger partial charge on any atom is -0.456 e. The number of para-hydroxylation sites is 1. The maximum absolute atomic E-state index is 9.42. The second-order valence-corrected chi connectivity index (χ2v) is 9.40. The first-order valence-corrected chi connectivity index (χ1v) is 12.5. The van der Waals surface area contributed by atoms with Gasteiger partial charge in [-0.2, -0.15) is 0 Å². The fraction of sp³-hybridized carbons (Fsp3) is 0.0256. The van der Waals surface area contributed by atoms with Gasteiger partial charge in [0.1, 0.15) is 11.2 Å². The van der Waals surface area contributed by atoms with Gasteiger partial charge in [-0.15, -0.1) is 0 Å². The summed E-state index contributed by atoms with van der Waals surface area (Å²) >= 11 is 0. The third kappa shape index (κ3) is 2.92. The van der Waals surface area contributed by atoms with E-state index in [1.807, 2.05) is 0 Å². The number of rotatable bonds is 2. The molecular formula is C39H24O. The van der Waals surface area contributed by atoms with Crippen molar-refractivity contribution in [1.82, 2.24) is 0 Å². The van der Waals surface area contributed by atoms with Crippen LogP contribution in [0.15, 0.2) is 138 Å². The summed E-state index contributed by atoms with van der Waals surface area (Å²) in [6.07, 6.45) is -2.85. The summed E-state index contributed by atoms with van der Waals surface area (Å²) in [7, 11) is 0. The largest absolute Gasteiger partial charge is 0.456 e. The van der Waals surface area contributed by atoms with Crippen molar-refractivity contribution in [1.29, 1.82) is 0 Å². The fourth-order valence-electron chi connectivity index (χ4n) is 5.78. The van der Waals surface area contributed by atoms with Crippen LogP contribution >= 0.6 is 0 Å². The van der Waals surface area contributed by atoms with Crippen LogP contribution in [0.4, 0.5) is 0 Å². The van der Waals surface area contributed by atoms with Crippen molar-refractivity contribution in [2.24, 2.45) is 0 Å². The Morgan fingerprint density at radius 2 is 1.07 bits per heavy atom. The van der Waals surface area contributed by atoms with Gasteiger partial charge in [-0.1, -0.05) is 121 Å². The minimum atomic E-state index is -2.85. The first-order chi connectivity index (χ1) is 26.9. The van der Waals surface area contributed by atoms with Gasteiger partial charge in [0.2, 0.25) is 0 Å². The first kappa shape index (κ1) is 11.2. The third-order valence-electron chi connectivity index (χ3n) is 7.36. The molecule has 40 heavy (non-hydrogen) atoms. The van der Waals surface area contributed by atoms with Crippen molar-refractivity contribution in [2.75, 3.05) is 0 Å². The van der Waals surface area contributed by atoms with Crippen LogP contribution in [0, 0.1) is 0 Å². The quantitative estimate of drug-likeness (QED) is 0.205. The number of hydrogen-bond donors (Lipinski definition) is 0. The van der Waals surface area contributed by atoms with Crippen LogP contribution in [0.5, 0.6) is 0 Å². The van der Waals surface area contributed by atoms with Gasteiger partial charge in [-0.3, -0.25) is 0 Å². The highest BCUT2D eigenvalue weighted by molar-refractivity contribution is 6.26. The SMILES string of the molecule is [2H]c1c([2H])c([2H])c2c(c1[2H])-c1c(-c3c4c([2H])c([2H])c([2H])c([2H])c4c(-c4cccc5oc6ccccc6c45)c4c([2H])c([2H])c([2H])c([2H])c34)c([2H])c([2H])c([2H])c1C2([2H])[2H]. The van der Waals surface area contributed by atoms with E-state index in [4.69, 9.17) is 18.1 Å². The molecule has 1 heterocycles. The maximum Gasteiger partial charge on any atom is 0.136 e. The van der Waals surface area contributed by atoms with Gasteiger partial charge in [-0.05, 0) is 84.6 Å². The Balaban J connectivity index is 1.66. The molecule has 0 unspecified atom stereocenters. The molecule has 0 radical (unpaired) electrons. The summed E-state index contributed by atoms with van der Waals surface area (Å²) in [4.78, 5) is 0. The molecule has 0 bridgehead atoms. The Morgan fingerprint density at radius 3 is 1.85 bits per heavy atom. The molecule has 0 saturated carbocycles. The molecule has 0 spiro atoms. The number of hydrogen-bond acceptors (Lipinski definition) is 1. The van der Waals surface area contributed by atoms with Crippen LogP contribution in [0.1, 0.15) is 34.4 Å². The Hall–Kier alpha value is -5.14. The van der Waals surface area contributed by atoms with E-state index in [0.29, 0.717) is 21.9 Å². The van der Waals surface area contributed by atoms with Crippen molar-refractivity contribution in [3.63, 3.8) is 0 Å². The van der Waals surface area contributed by atoms with Gasteiger partial charge in [-0.25, -0.2) is 0 Å². The van der Waals surface area contributed by atoms with Gasteiger partial charge >= 0.3 is 0 Å². The molecule has 186 valence electrons. The molecular weight excluding hydrogens is 484 g/mol. The molecule has 7 aromatic carbocycles. The summed E-state index contributed by atoms with van der Waals surface area (Å²) in [5.74, 6) is 0. The summed E-state index contributed by atoms with van der Waals surface area (Å²) in [5.41, 5.74) is -1.86. The average Bonchev–Trinajstić information content (AvgIpc) is 3.69. The van der Waals surface area contributed by atoms with Crippen molar-refractivity contribution in [3.05, 3.63) is 144 Å². The summed E-state index contributed by atoms with van der Waals surface area (Å²) in [6, 6.07) is 0.929. The Bertz CT molecular complexity index is 3140. The van der Waals surface area contributed by atoms with Crippen LogP contribution in [-0.4, -0.2) is 0 Å². The highest BCUT2D eigenvalue weighted by Crippen LogP contribution is 2.50. The van der Waals surface area contributed by atoms with E-state index >= 15 is 0 Å². The predicted molar refractivity (Wildman–Crippen MR) is 168 cm³/mol. The topological polar surface area (TPSA) is 13.1 Å². The zero-order chi connectivity index (χ0) is 41.1. The molecule has 0 atom stereocenters. The molecule has 1 nitrogen and oxygen atoms in total. The van der Waals surface area contributed by atoms with Crippen molar-refractivity contribution in [3.8, 4) is 33.4 Å². The zero-order valence-corrected chi connectivity index (χ0v) is 20.4. The molecule has 1 aliphatic rings. The lowest BCUT2D eigenvalue weighted by atomic mass is 9.83. The minimum absolute atomic E-state index is 0.0241. The third-order valence-corrected chi connectivity index (χ3v) is 7.36. The van der Waals surface area contributed by atoms with E-state index in [-0.39, 0.29) is 32.7 Å². The standard InChI is InChI=1S/C39H24O/c1-2-13-26-24(11-1)23-25-12-9-19-32(36(25)26)37-27-14-3-5-16-29(27)38(30-17-6-4-15-28(30)37)33-20-10-22-35-39(33)31-18-7-8-21-34(31)40-35/h1-22H,23H2/i1D,2D,3D,4D,5D,6D,9D,11D,12D,13D,14D,15D,16D,17D,19D,23D2. The fourth-order valence-corrected chi connectivity index (χ4v) is 5.78. The molecule has 0 amide bonds. The Morgan fingerprint density at radius 1 is 0.475 bits per heavy atom. The molecule has 9 rings (SSSR count). The molecule has 0 saturated heterocycles. The lowest BCUT2D eigenvalue weighted by Crippen LogP contribution is -1.93. The molecule has 0 N–H and O–H groups in total. The van der Waals surface area contributed by atoms with Gasteiger partial charge in [0.05, 0.1) is 20.6 Å². The summed E-state index contributed by atoms with van der Waals surface area (Å²) < 4.78 is 159. The zero-order valence-electron chi connectivity index (χ0n) is 37.4. The smallest absolute Gasteiger partial charge is 0.136 e. The highest BCUT2D eigenvalue weighted by atomic mass is 16.3. The number of furan rings is 1. The second kappa shape index (κ2) is 8.18. The molecule has 0 fully saturated rings. The first-order valence-electron chi connectivity index (χ1n) is 21.0. The normalized spacial score (nSPS) is 19.6. The second-order valence-electron chi connectivity index (χ2n) is 9.40. The van der Waals surface area contributed by atoms with Crippen LogP contribution in [0.3, 0.4) is 0 Å². The lowest BCUT2D eigenvalue weighted by molar-refractivity contribution is 0.669. The Kier molecular flexibility index (Phi) is 2.28. The lowest BCUT2D eigenvalue weighted by Gasteiger charge is -2.20. The van der Waals surface area contributed by atoms with Crippen molar-refractivity contribution >= 4 is 43.5 Å². The van der Waals surface area contributed by atoms with E-state index in [2.05, 4.69) is 0 Å². The van der Waals surface area contributed by atoms with Gasteiger partial charge in [0.25, 0.3) is 0 Å². The summed E-state index contributed by atoms with van der Waals surface area (Å²) in [5, 5.41) is -0.133. The van der Waals surface area contributed by atoms with Crippen LogP contribution in [0.25, 0.3) is 76.9 Å². The van der Waals surface area contributed by atoms with Gasteiger partial charge < -0.3 is 4.42 Å². The predicted octanol–water partition coefficient (Wildman–Crippen LogP) is 10.8. The van der Waals surface area contributed by atoms with E-state index in [1.54, 1.807) is 42.5 Å². The van der Waals surface area contributed by atoms with Crippen LogP contribution in [0.2, 0.25) is 0 Å². The van der Waals surface area contributed by atoms with Crippen LogP contribution in [-0.2, 0) is 6.37 Å². The number of benzene rings is 7. The number of fused-ring (bicyclic) bond motifs is 8. The Labute approximate surface area is 255 Å². The maximum atomic E-state index is 9.42. The monoisotopic (exact) mass is 525 g/mol. The molecule has 8 aromatic rings. The van der Waals surface area contributed by atoms with E-state index < -0.39 is 130 Å². The summed E-state index contributed by atoms with van der Waals surface area (Å²) in [6.45, 7) is 0. The van der Waals surface area contributed by atoms with Gasteiger partial charge in [0, 0.05) is 13.5 Å². The van der Waals surface area contributed by atoms with E-state index in [1.165, 1.54) is 0 Å². The molecule has 1 aromatic heterocycles. The van der Waals surface area contributed by atoms with E-state index in [0.717, 1.165) is 0 Å². The average molecular weight is 526 g/mol. The molecule has 0 aliphatic heterocycles. The molecule has 1 aliphatic carbocycles. The molecule has 1 heteroatoms. The highest BCUT2D eigenvalue weighted by Gasteiger charge is 2.25. The van der Waals surface area contributed by atoms with Crippen molar-refractivity contribution < 1.29 is 27.7 Å². The van der Waals surface area contributed by atoms with Crippen molar-refractivity contribution in [2.45, 2.75) is 6.37 Å².